The Morgan fingerprint density at radius 2 is 0.960 bits per heavy atom. The fourth-order valence-corrected chi connectivity index (χ4v) is 9.23. The normalized spacial score (nSPS) is 12.0. The Kier molecular flexibility index (Phi) is 5.89. The molecule has 2 heteroatoms. The van der Waals surface area contributed by atoms with E-state index in [0.717, 1.165) is 21.9 Å². The molecule has 0 amide bonds. The molecule has 0 spiro atoms. The molecule has 0 saturated heterocycles. The van der Waals surface area contributed by atoms with Gasteiger partial charge >= 0.3 is 0 Å². The van der Waals surface area contributed by atoms with Crippen LogP contribution in [0.5, 0.6) is 0 Å². The molecule has 0 aliphatic heterocycles. The van der Waals surface area contributed by atoms with E-state index in [2.05, 4.69) is 169 Å². The summed E-state index contributed by atoms with van der Waals surface area (Å²) in [6, 6.07) is 60.0. The van der Waals surface area contributed by atoms with Crippen LogP contribution in [0, 0.1) is 0 Å². The number of hydrogen-bond acceptors (Lipinski definition) is 2. The summed E-state index contributed by atoms with van der Waals surface area (Å²) in [6.45, 7) is 0. The molecule has 11 aromatic rings. The van der Waals surface area contributed by atoms with Crippen molar-refractivity contribution in [2.75, 3.05) is 0 Å². The molecule has 50 heavy (non-hydrogen) atoms. The molecule has 0 fully saturated rings. The maximum atomic E-state index is 6.47. The van der Waals surface area contributed by atoms with Gasteiger partial charge in [-0.2, -0.15) is 0 Å². The summed E-state index contributed by atoms with van der Waals surface area (Å²) in [7, 11) is 0. The lowest BCUT2D eigenvalue weighted by molar-refractivity contribution is 0.669. The Bertz CT molecular complexity index is 3100. The van der Waals surface area contributed by atoms with Gasteiger partial charge in [0.1, 0.15) is 11.2 Å². The van der Waals surface area contributed by atoms with Crippen molar-refractivity contribution in [1.29, 1.82) is 0 Å². The van der Waals surface area contributed by atoms with Crippen molar-refractivity contribution in [3.63, 3.8) is 0 Å². The van der Waals surface area contributed by atoms with E-state index in [0.29, 0.717) is 0 Å². The van der Waals surface area contributed by atoms with Crippen molar-refractivity contribution in [3.8, 4) is 33.4 Å². The zero-order valence-corrected chi connectivity index (χ0v) is 27.8. The first-order valence-corrected chi connectivity index (χ1v) is 18.0. The minimum absolute atomic E-state index is 0.912. The zero-order valence-electron chi connectivity index (χ0n) is 27.0. The minimum Gasteiger partial charge on any atom is -0.456 e. The van der Waals surface area contributed by atoms with E-state index in [9.17, 15) is 0 Å². The van der Waals surface area contributed by atoms with Crippen LogP contribution in [0.2, 0.25) is 0 Å². The predicted molar refractivity (Wildman–Crippen MR) is 215 cm³/mol. The van der Waals surface area contributed by atoms with E-state index in [4.69, 9.17) is 4.42 Å². The molecule has 232 valence electrons. The number of benzene rings is 9. The lowest BCUT2D eigenvalue weighted by atomic mass is 9.84. The molecule has 1 nitrogen and oxygen atoms in total. The van der Waals surface area contributed by atoms with E-state index in [1.165, 1.54) is 86.6 Å². The van der Waals surface area contributed by atoms with Crippen LogP contribution in [0.15, 0.2) is 174 Å². The molecule has 0 radical (unpaired) electrons. The van der Waals surface area contributed by atoms with Gasteiger partial charge in [-0.05, 0) is 112 Å². The van der Waals surface area contributed by atoms with Crippen molar-refractivity contribution >= 4 is 86.5 Å². The largest absolute Gasteiger partial charge is 0.456 e. The molecule has 0 saturated carbocycles. The van der Waals surface area contributed by atoms with E-state index < -0.39 is 0 Å². The van der Waals surface area contributed by atoms with Gasteiger partial charge in [0, 0.05) is 21.0 Å². The molecule has 9 aromatic carbocycles. The topological polar surface area (TPSA) is 13.1 Å². The quantitative estimate of drug-likeness (QED) is 0.173. The van der Waals surface area contributed by atoms with Crippen LogP contribution < -0.4 is 0 Å². The summed E-state index contributed by atoms with van der Waals surface area (Å²) >= 11 is 1.82. The second kappa shape index (κ2) is 10.6. The summed E-state index contributed by atoms with van der Waals surface area (Å²) in [6.07, 6.45) is 0. The first-order chi connectivity index (χ1) is 24.8. The highest BCUT2D eigenvalue weighted by molar-refractivity contribution is 7.17. The first kappa shape index (κ1) is 27.7. The third-order valence-corrected chi connectivity index (χ3v) is 11.5. The third-order valence-electron chi connectivity index (χ3n) is 10.5. The van der Waals surface area contributed by atoms with Crippen LogP contribution >= 0.6 is 11.3 Å². The molecule has 0 aliphatic carbocycles. The van der Waals surface area contributed by atoms with Gasteiger partial charge < -0.3 is 4.42 Å². The summed E-state index contributed by atoms with van der Waals surface area (Å²) in [4.78, 5) is 0. The van der Waals surface area contributed by atoms with Gasteiger partial charge in [0.2, 0.25) is 0 Å². The highest BCUT2D eigenvalue weighted by Crippen LogP contribution is 2.48. The monoisotopic (exact) mass is 652 g/mol. The van der Waals surface area contributed by atoms with Gasteiger partial charge in [-0.15, -0.1) is 11.3 Å². The molecule has 11 rings (SSSR count). The molecule has 0 unspecified atom stereocenters. The van der Waals surface area contributed by atoms with Crippen LogP contribution in [0.3, 0.4) is 0 Å². The molecule has 0 bridgehead atoms. The minimum atomic E-state index is 0.912. The third kappa shape index (κ3) is 4.00. The molecule has 0 N–H and O–H groups in total. The number of furan rings is 1. The van der Waals surface area contributed by atoms with E-state index >= 15 is 0 Å². The average molecular weight is 653 g/mol. The van der Waals surface area contributed by atoms with Gasteiger partial charge in [0.15, 0.2) is 0 Å². The Balaban J connectivity index is 1.20. The van der Waals surface area contributed by atoms with Gasteiger partial charge in [-0.25, -0.2) is 0 Å². The van der Waals surface area contributed by atoms with Gasteiger partial charge in [-0.1, -0.05) is 133 Å². The van der Waals surface area contributed by atoms with Crippen molar-refractivity contribution in [2.45, 2.75) is 0 Å². The number of hydrogen-bond donors (Lipinski definition) is 0. The van der Waals surface area contributed by atoms with Crippen LogP contribution in [-0.2, 0) is 0 Å². The molecular formula is C48H28OS. The van der Waals surface area contributed by atoms with Crippen molar-refractivity contribution < 1.29 is 4.42 Å². The number of fused-ring (bicyclic) bond motifs is 8. The van der Waals surface area contributed by atoms with Crippen molar-refractivity contribution in [3.05, 3.63) is 169 Å². The fraction of sp³-hybridized carbons (Fsp3) is 0. The van der Waals surface area contributed by atoms with Crippen LogP contribution in [0.1, 0.15) is 0 Å². The van der Waals surface area contributed by atoms with Gasteiger partial charge in [-0.3, -0.25) is 0 Å². The van der Waals surface area contributed by atoms with Crippen LogP contribution in [0.25, 0.3) is 108 Å². The summed E-state index contributed by atoms with van der Waals surface area (Å²) < 4.78 is 7.80. The van der Waals surface area contributed by atoms with E-state index in [-0.39, 0.29) is 0 Å². The highest BCUT2D eigenvalue weighted by Gasteiger charge is 2.20. The summed E-state index contributed by atoms with van der Waals surface area (Å²) in [5.41, 5.74) is 9.32. The lowest BCUT2D eigenvalue weighted by Gasteiger charge is -2.19. The standard InChI is InChI=1S/C48H28OS/c1-2-11-32-28-44-42(26-31(32)10-1)47-34(18-9-21-43(47)49-44)33-23-22-29-12-7-19-39(41(29)27-33)45-35-14-3-5-16-37(35)46(38-17-6-4-15-36(38)45)40-20-8-13-30-24-25-50-48(30)40/h1-28H. The van der Waals surface area contributed by atoms with Crippen molar-refractivity contribution in [1.82, 2.24) is 0 Å². The van der Waals surface area contributed by atoms with Crippen LogP contribution in [-0.4, -0.2) is 0 Å². The highest BCUT2D eigenvalue weighted by atomic mass is 32.1. The molecule has 0 atom stereocenters. The van der Waals surface area contributed by atoms with Crippen LogP contribution in [0.4, 0.5) is 0 Å². The average Bonchev–Trinajstić information content (AvgIpc) is 3.80. The maximum Gasteiger partial charge on any atom is 0.136 e. The van der Waals surface area contributed by atoms with E-state index in [1.807, 2.05) is 11.3 Å². The number of thiophene rings is 1. The molecule has 2 aromatic heterocycles. The van der Waals surface area contributed by atoms with Gasteiger partial charge in [0.05, 0.1) is 0 Å². The molecule has 2 heterocycles. The van der Waals surface area contributed by atoms with E-state index in [1.54, 1.807) is 0 Å². The predicted octanol–water partition coefficient (Wildman–Crippen LogP) is 14.4. The number of rotatable bonds is 3. The lowest BCUT2D eigenvalue weighted by Crippen LogP contribution is -1.92. The summed E-state index contributed by atoms with van der Waals surface area (Å²) in [5, 5.41) is 15.8. The maximum absolute atomic E-state index is 6.47. The zero-order chi connectivity index (χ0) is 32.8. The van der Waals surface area contributed by atoms with Gasteiger partial charge in [0.25, 0.3) is 0 Å². The summed E-state index contributed by atoms with van der Waals surface area (Å²) in [5.74, 6) is 0. The smallest absolute Gasteiger partial charge is 0.136 e. The van der Waals surface area contributed by atoms with Crippen molar-refractivity contribution in [2.24, 2.45) is 0 Å². The second-order valence-electron chi connectivity index (χ2n) is 13.2. The second-order valence-corrected chi connectivity index (χ2v) is 14.1. The molecule has 0 aliphatic rings. The fourth-order valence-electron chi connectivity index (χ4n) is 8.31. The Labute approximate surface area is 292 Å². The Hall–Kier alpha value is -6.22. The first-order valence-electron chi connectivity index (χ1n) is 17.1. The Morgan fingerprint density at radius 3 is 1.72 bits per heavy atom. The Morgan fingerprint density at radius 1 is 0.360 bits per heavy atom. The molecular weight excluding hydrogens is 625 g/mol. The SMILES string of the molecule is c1ccc2cc3c(cc2c1)oc1cccc(-c2ccc4cccc(-c5c6ccccc6c(-c6cccc7ccsc67)c6ccccc56)c4c2)c13.